The second-order valence-corrected chi connectivity index (χ2v) is 3.23. The third-order valence-corrected chi connectivity index (χ3v) is 2.22. The van der Waals surface area contributed by atoms with E-state index in [9.17, 15) is 4.79 Å². The molecule has 3 N–H and O–H groups in total. The number of methoxy groups -OCH3 is 1. The number of H-pyrrole nitrogens is 1. The molecule has 5 nitrogen and oxygen atoms in total. The molecule has 0 aliphatic carbocycles. The SMILES string of the molecule is COc1ncccc1-c1c[nH]c(C(N)=O)c1. The van der Waals surface area contributed by atoms with Crippen LogP contribution >= 0.6 is 0 Å². The van der Waals surface area contributed by atoms with E-state index >= 15 is 0 Å². The number of nitrogens with one attached hydrogen (secondary N) is 1. The number of nitrogens with zero attached hydrogens (tertiary/aromatic N) is 1. The zero-order valence-corrected chi connectivity index (χ0v) is 8.73. The van der Waals surface area contributed by atoms with Gasteiger partial charge in [0.1, 0.15) is 5.69 Å². The molecule has 2 aromatic heterocycles. The summed E-state index contributed by atoms with van der Waals surface area (Å²) in [5.41, 5.74) is 7.15. The van der Waals surface area contributed by atoms with Gasteiger partial charge in [0, 0.05) is 23.5 Å². The van der Waals surface area contributed by atoms with Crippen molar-refractivity contribution in [2.45, 2.75) is 0 Å². The van der Waals surface area contributed by atoms with Crippen LogP contribution in [0.4, 0.5) is 0 Å². The molecule has 0 aromatic carbocycles. The van der Waals surface area contributed by atoms with Gasteiger partial charge in [-0.15, -0.1) is 0 Å². The summed E-state index contributed by atoms with van der Waals surface area (Å²) in [4.78, 5) is 17.8. The lowest BCUT2D eigenvalue weighted by atomic mass is 10.1. The summed E-state index contributed by atoms with van der Waals surface area (Å²) in [6, 6.07) is 5.33. The van der Waals surface area contributed by atoms with E-state index in [4.69, 9.17) is 10.5 Å². The zero-order chi connectivity index (χ0) is 11.5. The second kappa shape index (κ2) is 4.06. The lowest BCUT2D eigenvalue weighted by Crippen LogP contribution is -2.10. The number of amides is 1. The largest absolute Gasteiger partial charge is 0.481 e. The number of hydrogen-bond acceptors (Lipinski definition) is 3. The summed E-state index contributed by atoms with van der Waals surface area (Å²) in [7, 11) is 1.55. The number of aromatic amines is 1. The standard InChI is InChI=1S/C11H11N3O2/c1-16-11-8(3-2-4-13-11)7-5-9(10(12)15)14-6-7/h2-6,14H,1H3,(H2,12,15). The first-order valence-corrected chi connectivity index (χ1v) is 4.70. The van der Waals surface area contributed by atoms with Crippen LogP contribution in [0, 0.1) is 0 Å². The molecule has 0 atom stereocenters. The Balaban J connectivity index is 2.46. The molecular weight excluding hydrogens is 206 g/mol. The fourth-order valence-electron chi connectivity index (χ4n) is 1.47. The summed E-state index contributed by atoms with van der Waals surface area (Å²) < 4.78 is 5.13. The molecule has 2 heterocycles. The van der Waals surface area contributed by atoms with Gasteiger partial charge in [-0.3, -0.25) is 4.79 Å². The number of carbonyl (C=O) groups excluding carboxylic acids is 1. The van der Waals surface area contributed by atoms with Crippen molar-refractivity contribution in [3.8, 4) is 17.0 Å². The molecule has 0 fully saturated rings. The van der Waals surface area contributed by atoms with Crippen LogP contribution in [0.25, 0.3) is 11.1 Å². The van der Waals surface area contributed by atoms with Crippen LogP contribution in [-0.4, -0.2) is 23.0 Å². The van der Waals surface area contributed by atoms with Crippen molar-refractivity contribution in [2.75, 3.05) is 7.11 Å². The first-order valence-electron chi connectivity index (χ1n) is 4.70. The molecule has 0 saturated carbocycles. The predicted octanol–water partition coefficient (Wildman–Crippen LogP) is 1.18. The maximum Gasteiger partial charge on any atom is 0.265 e. The van der Waals surface area contributed by atoms with Gasteiger partial charge in [0.25, 0.3) is 5.91 Å². The van der Waals surface area contributed by atoms with Crippen molar-refractivity contribution in [1.82, 2.24) is 9.97 Å². The van der Waals surface area contributed by atoms with E-state index < -0.39 is 5.91 Å². The van der Waals surface area contributed by atoms with E-state index in [0.29, 0.717) is 11.6 Å². The van der Waals surface area contributed by atoms with E-state index in [1.54, 1.807) is 31.6 Å². The Morgan fingerprint density at radius 1 is 1.56 bits per heavy atom. The quantitative estimate of drug-likeness (QED) is 0.810. The Kier molecular flexibility index (Phi) is 2.59. The molecule has 5 heteroatoms. The van der Waals surface area contributed by atoms with E-state index in [1.807, 2.05) is 6.07 Å². The van der Waals surface area contributed by atoms with Crippen LogP contribution < -0.4 is 10.5 Å². The van der Waals surface area contributed by atoms with E-state index in [0.717, 1.165) is 11.1 Å². The highest BCUT2D eigenvalue weighted by Gasteiger charge is 2.10. The Morgan fingerprint density at radius 2 is 2.38 bits per heavy atom. The van der Waals surface area contributed by atoms with E-state index in [2.05, 4.69) is 9.97 Å². The third kappa shape index (κ3) is 1.75. The number of hydrogen-bond donors (Lipinski definition) is 2. The van der Waals surface area contributed by atoms with Gasteiger partial charge in [0.15, 0.2) is 0 Å². The monoisotopic (exact) mass is 217 g/mol. The Bertz CT molecular complexity index is 519. The Labute approximate surface area is 92.3 Å². The summed E-state index contributed by atoms with van der Waals surface area (Å²) in [6.45, 7) is 0. The average molecular weight is 217 g/mol. The fourth-order valence-corrected chi connectivity index (χ4v) is 1.47. The van der Waals surface area contributed by atoms with Crippen LogP contribution in [0.2, 0.25) is 0 Å². The third-order valence-electron chi connectivity index (χ3n) is 2.22. The molecule has 82 valence electrons. The number of pyridine rings is 1. The molecular formula is C11H11N3O2. The first kappa shape index (κ1) is 10.2. The molecule has 0 bridgehead atoms. The van der Waals surface area contributed by atoms with Gasteiger partial charge in [-0.2, -0.15) is 0 Å². The first-order chi connectivity index (χ1) is 7.72. The predicted molar refractivity (Wildman–Crippen MR) is 59.1 cm³/mol. The molecule has 2 aromatic rings. The average Bonchev–Trinajstić information content (AvgIpc) is 2.78. The number of carbonyl (C=O) groups is 1. The van der Waals surface area contributed by atoms with Gasteiger partial charge in [-0.1, -0.05) is 0 Å². The minimum atomic E-state index is -0.492. The zero-order valence-electron chi connectivity index (χ0n) is 8.73. The topological polar surface area (TPSA) is 81.0 Å². The highest BCUT2D eigenvalue weighted by atomic mass is 16.5. The van der Waals surface area contributed by atoms with Crippen LogP contribution in [0.3, 0.4) is 0 Å². The van der Waals surface area contributed by atoms with Gasteiger partial charge in [0.05, 0.1) is 7.11 Å². The molecule has 0 radical (unpaired) electrons. The van der Waals surface area contributed by atoms with Crippen LogP contribution in [0.1, 0.15) is 10.5 Å². The van der Waals surface area contributed by atoms with Crippen molar-refractivity contribution >= 4 is 5.91 Å². The number of rotatable bonds is 3. The van der Waals surface area contributed by atoms with Gasteiger partial charge < -0.3 is 15.5 Å². The molecule has 0 saturated heterocycles. The Morgan fingerprint density at radius 3 is 3.00 bits per heavy atom. The lowest BCUT2D eigenvalue weighted by Gasteiger charge is -2.03. The van der Waals surface area contributed by atoms with Crippen LogP contribution in [-0.2, 0) is 0 Å². The van der Waals surface area contributed by atoms with Crippen molar-refractivity contribution in [3.63, 3.8) is 0 Å². The normalized spacial score (nSPS) is 10.1. The fraction of sp³-hybridized carbons (Fsp3) is 0.0909. The highest BCUT2D eigenvalue weighted by Crippen LogP contribution is 2.27. The minimum absolute atomic E-state index is 0.362. The summed E-state index contributed by atoms with van der Waals surface area (Å²) in [6.07, 6.45) is 3.34. The summed E-state index contributed by atoms with van der Waals surface area (Å²) >= 11 is 0. The lowest BCUT2D eigenvalue weighted by molar-refractivity contribution is 0.0996. The van der Waals surface area contributed by atoms with Crippen molar-refractivity contribution in [3.05, 3.63) is 36.3 Å². The van der Waals surface area contributed by atoms with Crippen molar-refractivity contribution < 1.29 is 9.53 Å². The summed E-state index contributed by atoms with van der Waals surface area (Å²) in [5.74, 6) is 0.0200. The molecule has 0 aliphatic heterocycles. The van der Waals surface area contributed by atoms with E-state index in [-0.39, 0.29) is 0 Å². The smallest absolute Gasteiger partial charge is 0.265 e. The maximum absolute atomic E-state index is 10.9. The highest BCUT2D eigenvalue weighted by molar-refractivity contribution is 5.92. The number of aromatic nitrogens is 2. The summed E-state index contributed by atoms with van der Waals surface area (Å²) in [5, 5.41) is 0. The van der Waals surface area contributed by atoms with Crippen LogP contribution in [0.5, 0.6) is 5.88 Å². The van der Waals surface area contributed by atoms with E-state index in [1.165, 1.54) is 0 Å². The molecule has 2 rings (SSSR count). The van der Waals surface area contributed by atoms with Gasteiger partial charge in [0.2, 0.25) is 5.88 Å². The number of primary amides is 1. The second-order valence-electron chi connectivity index (χ2n) is 3.23. The van der Waals surface area contributed by atoms with Crippen LogP contribution in [0.15, 0.2) is 30.6 Å². The molecule has 0 aliphatic rings. The molecule has 1 amide bonds. The number of ether oxygens (including phenoxy) is 1. The van der Waals surface area contributed by atoms with Crippen molar-refractivity contribution in [1.29, 1.82) is 0 Å². The van der Waals surface area contributed by atoms with Gasteiger partial charge in [-0.05, 0) is 18.2 Å². The van der Waals surface area contributed by atoms with Gasteiger partial charge >= 0.3 is 0 Å². The molecule has 16 heavy (non-hydrogen) atoms. The maximum atomic E-state index is 10.9. The Hall–Kier alpha value is -2.30. The molecule has 0 spiro atoms. The van der Waals surface area contributed by atoms with Gasteiger partial charge in [-0.25, -0.2) is 4.98 Å². The minimum Gasteiger partial charge on any atom is -0.481 e. The number of nitrogens with two attached hydrogens (primary N) is 1. The van der Waals surface area contributed by atoms with Crippen molar-refractivity contribution in [2.24, 2.45) is 5.73 Å². The molecule has 0 unspecified atom stereocenters.